The van der Waals surface area contributed by atoms with Crippen LogP contribution in [-0.4, -0.2) is 44.9 Å². The number of hydrogen-bond acceptors (Lipinski definition) is 5. The molecule has 0 bridgehead atoms. The SMILES string of the molecule is CN(Cc1ncn[nH]1)S(=O)(=O)c1ccc2[nH]c(=O)[nH]c2c1. The number of nitrogens with zero attached hydrogens (tertiary/aromatic N) is 3. The van der Waals surface area contributed by atoms with E-state index in [0.29, 0.717) is 16.9 Å². The maximum Gasteiger partial charge on any atom is 0.323 e. The van der Waals surface area contributed by atoms with Crippen molar-refractivity contribution in [3.05, 3.63) is 40.8 Å². The maximum atomic E-state index is 12.5. The van der Waals surface area contributed by atoms with Crippen molar-refractivity contribution in [2.75, 3.05) is 7.05 Å². The molecule has 2 heterocycles. The van der Waals surface area contributed by atoms with Gasteiger partial charge in [-0.1, -0.05) is 0 Å². The van der Waals surface area contributed by atoms with Gasteiger partial charge in [-0.15, -0.1) is 0 Å². The molecular weight excluding hydrogens is 296 g/mol. The number of rotatable bonds is 4. The van der Waals surface area contributed by atoms with Gasteiger partial charge in [-0.3, -0.25) is 5.10 Å². The smallest absolute Gasteiger partial charge is 0.306 e. The summed E-state index contributed by atoms with van der Waals surface area (Å²) < 4.78 is 26.1. The Bertz CT molecular complexity index is 924. The Hall–Kier alpha value is -2.46. The molecule has 3 aromatic rings. The van der Waals surface area contributed by atoms with Gasteiger partial charge >= 0.3 is 5.69 Å². The molecule has 21 heavy (non-hydrogen) atoms. The third-order valence-corrected chi connectivity index (χ3v) is 4.83. The van der Waals surface area contributed by atoms with E-state index in [4.69, 9.17) is 0 Å². The molecule has 0 aliphatic carbocycles. The standard InChI is InChI=1S/C11H12N6O3S/c1-17(5-10-12-6-13-16-10)21(19,20)7-2-3-8-9(4-7)15-11(18)14-8/h2-4,6H,5H2,1H3,(H,12,13,16)(H2,14,15,18). The van der Waals surface area contributed by atoms with E-state index in [2.05, 4.69) is 25.1 Å². The Balaban J connectivity index is 1.96. The number of fused-ring (bicyclic) bond motifs is 1. The lowest BCUT2D eigenvalue weighted by Crippen LogP contribution is -2.27. The van der Waals surface area contributed by atoms with E-state index >= 15 is 0 Å². The first-order valence-electron chi connectivity index (χ1n) is 5.99. The topological polar surface area (TPSA) is 128 Å². The van der Waals surface area contributed by atoms with E-state index in [0.717, 1.165) is 4.31 Å². The lowest BCUT2D eigenvalue weighted by atomic mass is 10.3. The largest absolute Gasteiger partial charge is 0.323 e. The van der Waals surface area contributed by atoms with E-state index in [1.54, 1.807) is 6.07 Å². The number of aromatic amines is 3. The second kappa shape index (κ2) is 4.82. The van der Waals surface area contributed by atoms with Gasteiger partial charge in [0.05, 0.1) is 22.5 Å². The third-order valence-electron chi connectivity index (χ3n) is 3.03. The van der Waals surface area contributed by atoms with E-state index in [9.17, 15) is 13.2 Å². The minimum Gasteiger partial charge on any atom is -0.306 e. The molecule has 0 fully saturated rings. The number of imidazole rings is 1. The second-order valence-electron chi connectivity index (χ2n) is 4.48. The van der Waals surface area contributed by atoms with Crippen LogP contribution >= 0.6 is 0 Å². The van der Waals surface area contributed by atoms with Gasteiger partial charge in [0.2, 0.25) is 10.0 Å². The number of aromatic nitrogens is 5. The van der Waals surface area contributed by atoms with Gasteiger partial charge in [-0.05, 0) is 18.2 Å². The zero-order chi connectivity index (χ0) is 15.0. The summed E-state index contributed by atoms with van der Waals surface area (Å²) in [7, 11) is -2.24. The first kappa shape index (κ1) is 13.5. The highest BCUT2D eigenvalue weighted by Crippen LogP contribution is 2.19. The van der Waals surface area contributed by atoms with Crippen molar-refractivity contribution in [2.45, 2.75) is 11.4 Å². The van der Waals surface area contributed by atoms with Crippen LogP contribution in [0.1, 0.15) is 5.82 Å². The highest BCUT2D eigenvalue weighted by molar-refractivity contribution is 7.89. The van der Waals surface area contributed by atoms with E-state index in [-0.39, 0.29) is 17.1 Å². The van der Waals surface area contributed by atoms with Crippen molar-refractivity contribution in [3.63, 3.8) is 0 Å². The summed E-state index contributed by atoms with van der Waals surface area (Å²) in [6, 6.07) is 4.40. The van der Waals surface area contributed by atoms with Crippen molar-refractivity contribution in [3.8, 4) is 0 Å². The van der Waals surface area contributed by atoms with E-state index in [1.807, 2.05) is 0 Å². The van der Waals surface area contributed by atoms with Crippen LogP contribution in [0.2, 0.25) is 0 Å². The molecule has 0 saturated heterocycles. The minimum atomic E-state index is -3.69. The Kier molecular flexibility index (Phi) is 3.11. The average molecular weight is 308 g/mol. The molecule has 1 aromatic carbocycles. The molecule has 3 N–H and O–H groups in total. The highest BCUT2D eigenvalue weighted by atomic mass is 32.2. The Morgan fingerprint density at radius 1 is 1.24 bits per heavy atom. The summed E-state index contributed by atoms with van der Waals surface area (Å²) in [6.07, 6.45) is 1.31. The van der Waals surface area contributed by atoms with Crippen LogP contribution in [0.15, 0.2) is 34.2 Å². The summed E-state index contributed by atoms with van der Waals surface area (Å²) in [5.74, 6) is 0.442. The van der Waals surface area contributed by atoms with Crippen LogP contribution in [0.4, 0.5) is 0 Å². The second-order valence-corrected chi connectivity index (χ2v) is 6.52. The first-order chi connectivity index (χ1) is 9.96. The maximum absolute atomic E-state index is 12.5. The predicted molar refractivity (Wildman–Crippen MR) is 74.0 cm³/mol. The summed E-state index contributed by atoms with van der Waals surface area (Å²) in [5.41, 5.74) is 0.612. The van der Waals surface area contributed by atoms with Crippen LogP contribution in [-0.2, 0) is 16.6 Å². The van der Waals surface area contributed by atoms with Crippen molar-refractivity contribution in [1.82, 2.24) is 29.5 Å². The number of sulfonamides is 1. The van der Waals surface area contributed by atoms with E-state index < -0.39 is 10.0 Å². The van der Waals surface area contributed by atoms with Crippen molar-refractivity contribution in [1.29, 1.82) is 0 Å². The molecule has 0 spiro atoms. The Morgan fingerprint density at radius 2 is 2.00 bits per heavy atom. The van der Waals surface area contributed by atoms with Crippen molar-refractivity contribution < 1.29 is 8.42 Å². The summed E-state index contributed by atoms with van der Waals surface area (Å²) in [5, 5.41) is 6.28. The average Bonchev–Trinajstić information content (AvgIpc) is 3.05. The minimum absolute atomic E-state index is 0.0734. The molecule has 9 nitrogen and oxygen atoms in total. The van der Waals surface area contributed by atoms with Gasteiger partial charge < -0.3 is 9.97 Å². The molecule has 0 aliphatic rings. The predicted octanol–water partition coefficient (Wildman–Crippen LogP) is -0.205. The van der Waals surface area contributed by atoms with Crippen molar-refractivity contribution in [2.24, 2.45) is 0 Å². The van der Waals surface area contributed by atoms with Gasteiger partial charge in [0.1, 0.15) is 12.2 Å². The van der Waals surface area contributed by atoms with Gasteiger partial charge in [-0.25, -0.2) is 18.2 Å². The molecule has 110 valence electrons. The molecule has 0 radical (unpaired) electrons. The number of H-pyrrole nitrogens is 3. The number of benzene rings is 1. The van der Waals surface area contributed by atoms with Crippen LogP contribution in [0.3, 0.4) is 0 Å². The zero-order valence-electron chi connectivity index (χ0n) is 11.0. The molecule has 0 amide bonds. The fourth-order valence-corrected chi connectivity index (χ4v) is 3.11. The monoisotopic (exact) mass is 308 g/mol. The highest BCUT2D eigenvalue weighted by Gasteiger charge is 2.22. The zero-order valence-corrected chi connectivity index (χ0v) is 11.8. The quantitative estimate of drug-likeness (QED) is 0.614. The van der Waals surface area contributed by atoms with Gasteiger partial charge in [0, 0.05) is 7.05 Å². The normalized spacial score (nSPS) is 12.3. The summed E-state index contributed by atoms with van der Waals surface area (Å²) in [4.78, 5) is 20.3. The summed E-state index contributed by atoms with van der Waals surface area (Å²) in [6.45, 7) is 0.0734. The van der Waals surface area contributed by atoms with E-state index in [1.165, 1.54) is 25.5 Å². The molecule has 0 aliphatic heterocycles. The van der Waals surface area contributed by atoms with Crippen LogP contribution < -0.4 is 5.69 Å². The molecule has 10 heteroatoms. The van der Waals surface area contributed by atoms with Crippen LogP contribution in [0.5, 0.6) is 0 Å². The van der Waals surface area contributed by atoms with Gasteiger partial charge in [-0.2, -0.15) is 9.40 Å². The molecule has 2 aromatic heterocycles. The molecule has 0 saturated carbocycles. The Morgan fingerprint density at radius 3 is 2.71 bits per heavy atom. The fourth-order valence-electron chi connectivity index (χ4n) is 1.95. The van der Waals surface area contributed by atoms with Crippen molar-refractivity contribution >= 4 is 21.1 Å². The lowest BCUT2D eigenvalue weighted by molar-refractivity contribution is 0.457. The fraction of sp³-hybridized carbons (Fsp3) is 0.182. The molecule has 0 unspecified atom stereocenters. The summed E-state index contributed by atoms with van der Waals surface area (Å²) >= 11 is 0. The Labute approximate surface area is 119 Å². The molecular formula is C11H12N6O3S. The first-order valence-corrected chi connectivity index (χ1v) is 7.43. The third kappa shape index (κ3) is 2.45. The van der Waals surface area contributed by atoms with Crippen LogP contribution in [0.25, 0.3) is 11.0 Å². The lowest BCUT2D eigenvalue weighted by Gasteiger charge is -2.15. The molecule has 0 atom stereocenters. The van der Waals surface area contributed by atoms with Crippen LogP contribution in [0, 0.1) is 0 Å². The number of nitrogens with one attached hydrogen (secondary N) is 3. The van der Waals surface area contributed by atoms with Gasteiger partial charge in [0.15, 0.2) is 0 Å². The number of hydrogen-bond donors (Lipinski definition) is 3. The molecule has 3 rings (SSSR count). The van der Waals surface area contributed by atoms with Gasteiger partial charge in [0.25, 0.3) is 0 Å².